The summed E-state index contributed by atoms with van der Waals surface area (Å²) in [5, 5.41) is 2.67. The van der Waals surface area contributed by atoms with Crippen LogP contribution in [0.15, 0.2) is 41.3 Å². The van der Waals surface area contributed by atoms with Crippen molar-refractivity contribution in [1.82, 2.24) is 0 Å². The van der Waals surface area contributed by atoms with E-state index in [4.69, 9.17) is 9.47 Å². The van der Waals surface area contributed by atoms with Crippen molar-refractivity contribution in [3.63, 3.8) is 0 Å². The molecule has 0 atom stereocenters. The van der Waals surface area contributed by atoms with Gasteiger partial charge in [-0.2, -0.15) is 0 Å². The number of hydrogen-bond donors (Lipinski definition) is 2. The lowest BCUT2D eigenvalue weighted by Gasteiger charge is -2.13. The highest BCUT2D eigenvalue weighted by Gasteiger charge is 2.22. The zero-order chi connectivity index (χ0) is 17.3. The van der Waals surface area contributed by atoms with Crippen LogP contribution in [-0.4, -0.2) is 28.5 Å². The summed E-state index contributed by atoms with van der Waals surface area (Å²) >= 11 is 0. The Hall–Kier alpha value is -2.74. The van der Waals surface area contributed by atoms with Gasteiger partial charge in [-0.15, -0.1) is 0 Å². The van der Waals surface area contributed by atoms with E-state index in [-0.39, 0.29) is 22.9 Å². The summed E-state index contributed by atoms with van der Waals surface area (Å²) in [7, 11) is -0.893. The average molecular weight is 348 g/mol. The van der Waals surface area contributed by atoms with Crippen molar-refractivity contribution in [3.8, 4) is 11.5 Å². The maximum absolute atomic E-state index is 12.6. The molecule has 0 saturated heterocycles. The molecule has 1 aliphatic heterocycles. The monoisotopic (exact) mass is 348 g/mol. The van der Waals surface area contributed by atoms with E-state index >= 15 is 0 Å². The van der Waals surface area contributed by atoms with Gasteiger partial charge in [-0.1, -0.05) is 0 Å². The number of ether oxygens (including phenoxy) is 2. The molecule has 2 N–H and O–H groups in total. The van der Waals surface area contributed by atoms with Gasteiger partial charge in [0.15, 0.2) is 0 Å². The molecule has 0 saturated carbocycles. The topological polar surface area (TPSA) is 93.7 Å². The van der Waals surface area contributed by atoms with E-state index in [0.717, 1.165) is 0 Å². The summed E-state index contributed by atoms with van der Waals surface area (Å²) in [6.07, 6.45) is 0.168. The Bertz CT molecular complexity index is 909. The summed E-state index contributed by atoms with van der Waals surface area (Å²) in [6.45, 7) is 0. The van der Waals surface area contributed by atoms with E-state index in [1.807, 2.05) is 0 Å². The second-order valence-corrected chi connectivity index (χ2v) is 6.90. The Morgan fingerprint density at radius 2 is 1.88 bits per heavy atom. The molecular formula is C16H16N2O5S. The first-order chi connectivity index (χ1) is 11.4. The van der Waals surface area contributed by atoms with E-state index in [9.17, 15) is 13.2 Å². The molecule has 126 valence electrons. The summed E-state index contributed by atoms with van der Waals surface area (Å²) in [4.78, 5) is 11.5. The molecule has 8 heteroatoms. The van der Waals surface area contributed by atoms with E-state index in [1.165, 1.54) is 32.4 Å². The van der Waals surface area contributed by atoms with Gasteiger partial charge in [-0.3, -0.25) is 9.52 Å². The van der Waals surface area contributed by atoms with Gasteiger partial charge >= 0.3 is 0 Å². The molecular weight excluding hydrogens is 332 g/mol. The van der Waals surface area contributed by atoms with Crippen LogP contribution < -0.4 is 19.5 Å². The lowest BCUT2D eigenvalue weighted by Crippen LogP contribution is -2.14. The van der Waals surface area contributed by atoms with Gasteiger partial charge < -0.3 is 14.8 Å². The van der Waals surface area contributed by atoms with Crippen LogP contribution in [0.2, 0.25) is 0 Å². The largest absolute Gasteiger partial charge is 0.497 e. The summed E-state index contributed by atoms with van der Waals surface area (Å²) < 4.78 is 38.1. The fourth-order valence-electron chi connectivity index (χ4n) is 2.47. The Balaban J connectivity index is 1.95. The SMILES string of the molecule is COc1ccc(OC)c(NS(=O)(=O)c2ccc3c(c2)CC(=O)N3)c1. The molecule has 1 heterocycles. The number of methoxy groups -OCH3 is 2. The van der Waals surface area contributed by atoms with Crippen LogP contribution in [0.1, 0.15) is 5.56 Å². The minimum Gasteiger partial charge on any atom is -0.497 e. The Kier molecular flexibility index (Phi) is 4.06. The first-order valence-electron chi connectivity index (χ1n) is 7.10. The molecule has 1 amide bonds. The third-order valence-electron chi connectivity index (χ3n) is 3.66. The number of amides is 1. The van der Waals surface area contributed by atoms with Crippen LogP contribution in [0.25, 0.3) is 0 Å². The van der Waals surface area contributed by atoms with Crippen LogP contribution in [-0.2, 0) is 21.2 Å². The van der Waals surface area contributed by atoms with Gasteiger partial charge in [-0.05, 0) is 35.9 Å². The van der Waals surface area contributed by atoms with E-state index in [1.54, 1.807) is 18.2 Å². The van der Waals surface area contributed by atoms with Crippen LogP contribution in [0.5, 0.6) is 11.5 Å². The number of anilines is 2. The van der Waals surface area contributed by atoms with Gasteiger partial charge in [0.25, 0.3) is 10.0 Å². The minimum absolute atomic E-state index is 0.0719. The highest BCUT2D eigenvalue weighted by atomic mass is 32.2. The molecule has 0 radical (unpaired) electrons. The predicted octanol–water partition coefficient (Wildman–Crippen LogP) is 2.00. The smallest absolute Gasteiger partial charge is 0.262 e. The van der Waals surface area contributed by atoms with E-state index in [2.05, 4.69) is 10.0 Å². The number of benzene rings is 2. The first kappa shape index (κ1) is 16.1. The van der Waals surface area contributed by atoms with Crippen molar-refractivity contribution >= 4 is 27.3 Å². The first-order valence-corrected chi connectivity index (χ1v) is 8.59. The van der Waals surface area contributed by atoms with Gasteiger partial charge in [0.1, 0.15) is 11.5 Å². The third-order valence-corrected chi connectivity index (χ3v) is 5.03. The Labute approximate surface area is 139 Å². The van der Waals surface area contributed by atoms with Crippen molar-refractivity contribution in [1.29, 1.82) is 0 Å². The second kappa shape index (κ2) is 6.04. The molecule has 0 spiro atoms. The number of rotatable bonds is 5. The molecule has 0 aliphatic carbocycles. The zero-order valence-corrected chi connectivity index (χ0v) is 13.9. The quantitative estimate of drug-likeness (QED) is 0.862. The standard InChI is InChI=1S/C16H16N2O5S/c1-22-11-3-6-15(23-2)14(9-11)18-24(20,21)12-4-5-13-10(7-12)8-16(19)17-13/h3-7,9,18H,8H2,1-2H3,(H,17,19). The Morgan fingerprint density at radius 1 is 1.08 bits per heavy atom. The molecule has 0 aromatic heterocycles. The third kappa shape index (κ3) is 3.00. The summed E-state index contributed by atoms with van der Waals surface area (Å²) in [5.41, 5.74) is 1.56. The molecule has 7 nitrogen and oxygen atoms in total. The fraction of sp³-hybridized carbons (Fsp3) is 0.188. The predicted molar refractivity (Wildman–Crippen MR) is 89.1 cm³/mol. The zero-order valence-electron chi connectivity index (χ0n) is 13.1. The number of sulfonamides is 1. The number of carbonyl (C=O) groups is 1. The molecule has 0 unspecified atom stereocenters. The fourth-order valence-corrected chi connectivity index (χ4v) is 3.58. The van der Waals surface area contributed by atoms with Crippen molar-refractivity contribution in [2.75, 3.05) is 24.3 Å². The normalized spacial score (nSPS) is 13.2. The maximum Gasteiger partial charge on any atom is 0.262 e. The van der Waals surface area contributed by atoms with Gasteiger partial charge in [-0.25, -0.2) is 8.42 Å². The van der Waals surface area contributed by atoms with Crippen LogP contribution in [0.4, 0.5) is 11.4 Å². The van der Waals surface area contributed by atoms with Crippen molar-refractivity contribution in [3.05, 3.63) is 42.0 Å². The molecule has 0 fully saturated rings. The molecule has 24 heavy (non-hydrogen) atoms. The molecule has 3 rings (SSSR count). The molecule has 2 aromatic carbocycles. The van der Waals surface area contributed by atoms with Crippen LogP contribution in [0.3, 0.4) is 0 Å². The van der Waals surface area contributed by atoms with E-state index < -0.39 is 10.0 Å². The highest BCUT2D eigenvalue weighted by Crippen LogP contribution is 2.32. The van der Waals surface area contributed by atoms with E-state index in [0.29, 0.717) is 22.7 Å². The van der Waals surface area contributed by atoms with Crippen LogP contribution >= 0.6 is 0 Å². The van der Waals surface area contributed by atoms with Gasteiger partial charge in [0.05, 0.1) is 31.2 Å². The summed E-state index contributed by atoms with van der Waals surface area (Å²) in [6, 6.07) is 9.33. The Morgan fingerprint density at radius 3 is 2.58 bits per heavy atom. The second-order valence-electron chi connectivity index (χ2n) is 5.22. The number of nitrogens with one attached hydrogen (secondary N) is 2. The molecule has 0 bridgehead atoms. The molecule has 2 aromatic rings. The number of carbonyl (C=O) groups excluding carboxylic acids is 1. The van der Waals surface area contributed by atoms with Crippen molar-refractivity contribution in [2.45, 2.75) is 11.3 Å². The van der Waals surface area contributed by atoms with Gasteiger partial charge in [0, 0.05) is 11.8 Å². The van der Waals surface area contributed by atoms with Crippen molar-refractivity contribution in [2.24, 2.45) is 0 Å². The summed E-state index contributed by atoms with van der Waals surface area (Å²) in [5.74, 6) is 0.719. The lowest BCUT2D eigenvalue weighted by atomic mass is 10.2. The van der Waals surface area contributed by atoms with Crippen LogP contribution in [0, 0.1) is 0 Å². The van der Waals surface area contributed by atoms with Gasteiger partial charge in [0.2, 0.25) is 5.91 Å². The maximum atomic E-state index is 12.6. The average Bonchev–Trinajstić information content (AvgIpc) is 2.93. The number of hydrogen-bond acceptors (Lipinski definition) is 5. The number of fused-ring (bicyclic) bond motifs is 1. The highest BCUT2D eigenvalue weighted by molar-refractivity contribution is 7.92. The van der Waals surface area contributed by atoms with Crippen molar-refractivity contribution < 1.29 is 22.7 Å². The lowest BCUT2D eigenvalue weighted by molar-refractivity contribution is -0.115. The minimum atomic E-state index is -3.83. The molecule has 1 aliphatic rings.